The lowest BCUT2D eigenvalue weighted by Gasteiger charge is -2.08. The Morgan fingerprint density at radius 3 is 2.29 bits per heavy atom. The van der Waals surface area contributed by atoms with Crippen molar-refractivity contribution in [2.45, 2.75) is 20.8 Å². The SMILES string of the molecule is CCOC(=O)c1c(NC(C)=O)sc(C(C)=O)c1-c1ccc(Cl)cc1. The molecule has 0 fully saturated rings. The second-order valence-corrected chi connectivity index (χ2v) is 6.43. The predicted octanol–water partition coefficient (Wildman–Crippen LogP) is 4.41. The van der Waals surface area contributed by atoms with Crippen LogP contribution >= 0.6 is 22.9 Å². The fraction of sp³-hybridized carbons (Fsp3) is 0.235. The second kappa shape index (κ2) is 7.59. The minimum absolute atomic E-state index is 0.184. The number of esters is 1. The van der Waals surface area contributed by atoms with Gasteiger partial charge in [0.05, 0.1) is 11.5 Å². The van der Waals surface area contributed by atoms with E-state index in [1.165, 1.54) is 13.8 Å². The molecule has 7 heteroatoms. The molecular weight excluding hydrogens is 350 g/mol. The summed E-state index contributed by atoms with van der Waals surface area (Å²) in [4.78, 5) is 36.3. The molecule has 0 bridgehead atoms. The van der Waals surface area contributed by atoms with Gasteiger partial charge in [0.1, 0.15) is 10.6 Å². The van der Waals surface area contributed by atoms with E-state index < -0.39 is 5.97 Å². The van der Waals surface area contributed by atoms with Gasteiger partial charge < -0.3 is 10.1 Å². The summed E-state index contributed by atoms with van der Waals surface area (Å²) in [6.45, 7) is 4.63. The van der Waals surface area contributed by atoms with E-state index in [0.717, 1.165) is 11.3 Å². The average Bonchev–Trinajstić information content (AvgIpc) is 2.87. The highest BCUT2D eigenvalue weighted by Gasteiger charge is 2.28. The molecule has 2 rings (SSSR count). The number of carbonyl (C=O) groups is 3. The number of rotatable bonds is 5. The van der Waals surface area contributed by atoms with Crippen LogP contribution in [0, 0.1) is 0 Å². The van der Waals surface area contributed by atoms with E-state index in [-0.39, 0.29) is 23.9 Å². The molecule has 0 spiro atoms. The Bertz CT molecular complexity index is 796. The van der Waals surface area contributed by atoms with Crippen molar-refractivity contribution >= 4 is 45.6 Å². The molecule has 0 saturated heterocycles. The summed E-state index contributed by atoms with van der Waals surface area (Å²) in [5.74, 6) is -1.12. The lowest BCUT2D eigenvalue weighted by Crippen LogP contribution is -2.11. The van der Waals surface area contributed by atoms with E-state index >= 15 is 0 Å². The molecule has 0 atom stereocenters. The van der Waals surface area contributed by atoms with E-state index in [9.17, 15) is 14.4 Å². The molecule has 1 amide bonds. The summed E-state index contributed by atoms with van der Waals surface area (Å²) in [6.07, 6.45) is 0. The van der Waals surface area contributed by atoms with E-state index in [2.05, 4.69) is 5.32 Å². The summed E-state index contributed by atoms with van der Waals surface area (Å²) in [5, 5.41) is 3.45. The zero-order valence-corrected chi connectivity index (χ0v) is 15.0. The molecule has 24 heavy (non-hydrogen) atoms. The Morgan fingerprint density at radius 2 is 1.79 bits per heavy atom. The number of ketones is 1. The third kappa shape index (κ3) is 3.83. The van der Waals surface area contributed by atoms with Crippen LogP contribution in [-0.4, -0.2) is 24.3 Å². The van der Waals surface area contributed by atoms with Gasteiger partial charge in [0, 0.05) is 17.5 Å². The predicted molar refractivity (Wildman–Crippen MR) is 95.0 cm³/mol. The first kappa shape index (κ1) is 18.2. The minimum Gasteiger partial charge on any atom is -0.462 e. The van der Waals surface area contributed by atoms with E-state index in [1.807, 2.05) is 0 Å². The number of thiophene rings is 1. The number of hydrogen-bond donors (Lipinski definition) is 1. The van der Waals surface area contributed by atoms with Gasteiger partial charge in [-0.25, -0.2) is 4.79 Å². The Hall–Kier alpha value is -2.18. The normalized spacial score (nSPS) is 10.3. The molecule has 1 N–H and O–H groups in total. The fourth-order valence-corrected chi connectivity index (χ4v) is 3.50. The van der Waals surface area contributed by atoms with Crippen molar-refractivity contribution in [2.24, 2.45) is 0 Å². The Balaban J connectivity index is 2.74. The molecule has 1 heterocycles. The molecular formula is C17H16ClNO4S. The monoisotopic (exact) mass is 365 g/mol. The van der Waals surface area contributed by atoms with Gasteiger partial charge >= 0.3 is 5.97 Å². The number of benzene rings is 1. The molecule has 0 radical (unpaired) electrons. The molecule has 0 saturated carbocycles. The summed E-state index contributed by atoms with van der Waals surface area (Å²) >= 11 is 6.98. The van der Waals surface area contributed by atoms with Crippen molar-refractivity contribution < 1.29 is 19.1 Å². The number of anilines is 1. The number of Topliss-reactive ketones (excluding diaryl/α,β-unsaturated/α-hetero) is 1. The largest absolute Gasteiger partial charge is 0.462 e. The van der Waals surface area contributed by atoms with Crippen LogP contribution in [0.4, 0.5) is 5.00 Å². The molecule has 126 valence electrons. The highest BCUT2D eigenvalue weighted by molar-refractivity contribution is 7.19. The molecule has 1 aromatic heterocycles. The third-order valence-corrected chi connectivity index (χ3v) is 4.59. The number of nitrogens with one attached hydrogen (secondary N) is 1. The first-order valence-electron chi connectivity index (χ1n) is 7.23. The number of ether oxygens (including phenoxy) is 1. The Morgan fingerprint density at radius 1 is 1.17 bits per heavy atom. The molecule has 0 unspecified atom stereocenters. The highest BCUT2D eigenvalue weighted by atomic mass is 35.5. The van der Waals surface area contributed by atoms with Crippen molar-refractivity contribution in [3.05, 3.63) is 39.7 Å². The molecule has 0 aliphatic rings. The van der Waals surface area contributed by atoms with Gasteiger partial charge in [-0.3, -0.25) is 9.59 Å². The highest BCUT2D eigenvalue weighted by Crippen LogP contribution is 2.41. The zero-order valence-electron chi connectivity index (χ0n) is 13.4. The topological polar surface area (TPSA) is 72.5 Å². The maximum absolute atomic E-state index is 12.4. The van der Waals surface area contributed by atoms with Crippen molar-refractivity contribution in [3.8, 4) is 11.1 Å². The first-order valence-corrected chi connectivity index (χ1v) is 8.43. The summed E-state index contributed by atoms with van der Waals surface area (Å²) in [7, 11) is 0. The second-order valence-electron chi connectivity index (χ2n) is 4.98. The van der Waals surface area contributed by atoms with Crippen LogP contribution < -0.4 is 5.32 Å². The Kier molecular flexibility index (Phi) is 5.75. The van der Waals surface area contributed by atoms with Crippen LogP contribution in [0.3, 0.4) is 0 Å². The van der Waals surface area contributed by atoms with Gasteiger partial charge in [-0.05, 0) is 31.5 Å². The van der Waals surface area contributed by atoms with E-state index in [4.69, 9.17) is 16.3 Å². The standard InChI is InChI=1S/C17H16ClNO4S/c1-4-23-17(22)14-13(11-5-7-12(18)8-6-11)15(9(2)20)24-16(14)19-10(3)21/h5-8H,4H2,1-3H3,(H,19,21). The van der Waals surface area contributed by atoms with Crippen molar-refractivity contribution in [1.82, 2.24) is 0 Å². The van der Waals surface area contributed by atoms with Crippen LogP contribution in [0.1, 0.15) is 40.8 Å². The zero-order chi connectivity index (χ0) is 17.9. The molecule has 0 aliphatic heterocycles. The maximum atomic E-state index is 12.4. The summed E-state index contributed by atoms with van der Waals surface area (Å²) < 4.78 is 5.11. The number of amides is 1. The number of hydrogen-bond acceptors (Lipinski definition) is 5. The van der Waals surface area contributed by atoms with Crippen LogP contribution in [-0.2, 0) is 9.53 Å². The Labute approximate surface area is 148 Å². The average molecular weight is 366 g/mol. The quantitative estimate of drug-likeness (QED) is 0.629. The summed E-state index contributed by atoms with van der Waals surface area (Å²) in [6, 6.07) is 6.78. The van der Waals surface area contributed by atoms with Crippen molar-refractivity contribution in [2.75, 3.05) is 11.9 Å². The van der Waals surface area contributed by atoms with Gasteiger partial charge in [-0.15, -0.1) is 11.3 Å². The maximum Gasteiger partial charge on any atom is 0.341 e. The van der Waals surface area contributed by atoms with Gasteiger partial charge in [0.15, 0.2) is 5.78 Å². The number of carbonyl (C=O) groups excluding carboxylic acids is 3. The van der Waals surface area contributed by atoms with Crippen molar-refractivity contribution in [1.29, 1.82) is 0 Å². The van der Waals surface area contributed by atoms with E-state index in [0.29, 0.717) is 26.0 Å². The van der Waals surface area contributed by atoms with E-state index in [1.54, 1.807) is 31.2 Å². The lowest BCUT2D eigenvalue weighted by atomic mass is 10.00. The van der Waals surface area contributed by atoms with Crippen LogP contribution in [0.2, 0.25) is 5.02 Å². The smallest absolute Gasteiger partial charge is 0.341 e. The fourth-order valence-electron chi connectivity index (χ4n) is 2.22. The van der Waals surface area contributed by atoms with Crippen LogP contribution in [0.5, 0.6) is 0 Å². The molecule has 1 aromatic carbocycles. The van der Waals surface area contributed by atoms with Gasteiger partial charge in [0.2, 0.25) is 5.91 Å². The van der Waals surface area contributed by atoms with Gasteiger partial charge in [-0.1, -0.05) is 23.7 Å². The van der Waals surface area contributed by atoms with Crippen LogP contribution in [0.15, 0.2) is 24.3 Å². The molecule has 5 nitrogen and oxygen atoms in total. The molecule has 2 aromatic rings. The van der Waals surface area contributed by atoms with Gasteiger partial charge in [0.25, 0.3) is 0 Å². The van der Waals surface area contributed by atoms with Crippen LogP contribution in [0.25, 0.3) is 11.1 Å². The van der Waals surface area contributed by atoms with Crippen molar-refractivity contribution in [3.63, 3.8) is 0 Å². The first-order chi connectivity index (χ1) is 11.3. The lowest BCUT2D eigenvalue weighted by molar-refractivity contribution is -0.114. The molecule has 0 aliphatic carbocycles. The number of halogens is 1. The minimum atomic E-state index is -0.588. The van der Waals surface area contributed by atoms with Gasteiger partial charge in [-0.2, -0.15) is 0 Å². The third-order valence-electron chi connectivity index (χ3n) is 3.13. The summed E-state index contributed by atoms with van der Waals surface area (Å²) in [5.41, 5.74) is 1.29.